The molecule has 0 spiro atoms. The number of carboxylic acid groups (broad SMARTS) is 1. The Morgan fingerprint density at radius 1 is 1.56 bits per heavy atom. The zero-order valence-corrected chi connectivity index (χ0v) is 10.7. The smallest absolute Gasteiger partial charge is 0.352 e. The maximum absolute atomic E-state index is 11.0. The molecular weight excluding hydrogens is 258 g/mol. The van der Waals surface area contributed by atoms with Gasteiger partial charge in [-0.1, -0.05) is 11.6 Å². The maximum Gasteiger partial charge on any atom is 0.352 e. The first-order chi connectivity index (χ1) is 8.51. The standard InChI is InChI=1S/C11H12ClN3O3/c1-14-10(18-2)4-8(13-14)6-15-5-7(12)3-9(15)11(16)17/h3-5H,6H2,1-2H3,(H,16,17). The van der Waals surface area contributed by atoms with Crippen molar-refractivity contribution in [3.8, 4) is 5.88 Å². The summed E-state index contributed by atoms with van der Waals surface area (Å²) in [5.74, 6) is -0.412. The van der Waals surface area contributed by atoms with Crippen LogP contribution in [0, 0.1) is 0 Å². The molecule has 18 heavy (non-hydrogen) atoms. The lowest BCUT2D eigenvalue weighted by molar-refractivity contribution is 0.0685. The van der Waals surface area contributed by atoms with Gasteiger partial charge in [0.05, 0.1) is 24.4 Å². The van der Waals surface area contributed by atoms with Crippen LogP contribution in [-0.4, -0.2) is 32.5 Å². The highest BCUT2D eigenvalue weighted by molar-refractivity contribution is 6.30. The highest BCUT2D eigenvalue weighted by Gasteiger charge is 2.14. The predicted octanol–water partition coefficient (Wildman–Crippen LogP) is 1.63. The summed E-state index contributed by atoms with van der Waals surface area (Å²) < 4.78 is 8.21. The van der Waals surface area contributed by atoms with E-state index in [9.17, 15) is 4.79 Å². The van der Waals surface area contributed by atoms with E-state index in [2.05, 4.69) is 5.10 Å². The van der Waals surface area contributed by atoms with Crippen molar-refractivity contribution in [2.24, 2.45) is 7.05 Å². The van der Waals surface area contributed by atoms with E-state index in [1.165, 1.54) is 10.6 Å². The van der Waals surface area contributed by atoms with Crippen molar-refractivity contribution in [3.05, 3.63) is 34.7 Å². The Bertz CT molecular complexity index is 588. The van der Waals surface area contributed by atoms with E-state index in [0.29, 0.717) is 23.1 Å². The summed E-state index contributed by atoms with van der Waals surface area (Å²) in [6.07, 6.45) is 1.56. The molecule has 0 unspecified atom stereocenters. The molecule has 2 aromatic rings. The van der Waals surface area contributed by atoms with E-state index >= 15 is 0 Å². The Balaban J connectivity index is 2.30. The van der Waals surface area contributed by atoms with Crippen molar-refractivity contribution < 1.29 is 14.6 Å². The minimum atomic E-state index is -1.02. The lowest BCUT2D eigenvalue weighted by Gasteiger charge is -2.02. The molecule has 0 aliphatic rings. The number of hydrogen-bond acceptors (Lipinski definition) is 3. The second-order valence-corrected chi connectivity index (χ2v) is 4.21. The SMILES string of the molecule is COc1cc(Cn2cc(Cl)cc2C(=O)O)nn1C. The minimum Gasteiger partial charge on any atom is -0.481 e. The summed E-state index contributed by atoms with van der Waals surface area (Å²) in [7, 11) is 3.30. The summed E-state index contributed by atoms with van der Waals surface area (Å²) in [6.45, 7) is 0.325. The van der Waals surface area contributed by atoms with Crippen LogP contribution in [0.1, 0.15) is 16.2 Å². The van der Waals surface area contributed by atoms with E-state index in [4.69, 9.17) is 21.4 Å². The lowest BCUT2D eigenvalue weighted by Crippen LogP contribution is -2.09. The van der Waals surface area contributed by atoms with E-state index < -0.39 is 5.97 Å². The third kappa shape index (κ3) is 2.33. The Hall–Kier alpha value is -1.95. The number of rotatable bonds is 4. The number of halogens is 1. The molecule has 96 valence electrons. The highest BCUT2D eigenvalue weighted by Crippen LogP contribution is 2.17. The van der Waals surface area contributed by atoms with Gasteiger partial charge in [0, 0.05) is 19.3 Å². The van der Waals surface area contributed by atoms with Crippen molar-refractivity contribution >= 4 is 17.6 Å². The monoisotopic (exact) mass is 269 g/mol. The summed E-state index contributed by atoms with van der Waals surface area (Å²) in [6, 6.07) is 3.16. The van der Waals surface area contributed by atoms with Crippen molar-refractivity contribution in [3.63, 3.8) is 0 Å². The van der Waals surface area contributed by atoms with Crippen LogP contribution < -0.4 is 4.74 Å². The number of methoxy groups -OCH3 is 1. The first-order valence-electron chi connectivity index (χ1n) is 5.17. The first kappa shape index (κ1) is 12.5. The van der Waals surface area contributed by atoms with Gasteiger partial charge in [0.1, 0.15) is 5.69 Å². The number of carbonyl (C=O) groups is 1. The lowest BCUT2D eigenvalue weighted by atomic mass is 10.4. The van der Waals surface area contributed by atoms with Crippen molar-refractivity contribution in [2.45, 2.75) is 6.54 Å². The second-order valence-electron chi connectivity index (χ2n) is 3.78. The number of nitrogens with zero attached hydrogens (tertiary/aromatic N) is 3. The van der Waals surface area contributed by atoms with Gasteiger partial charge in [0.15, 0.2) is 0 Å². The fourth-order valence-corrected chi connectivity index (χ4v) is 1.96. The van der Waals surface area contributed by atoms with Crippen LogP contribution in [-0.2, 0) is 13.6 Å². The average Bonchev–Trinajstić information content (AvgIpc) is 2.82. The number of ether oxygens (including phenoxy) is 1. The maximum atomic E-state index is 11.0. The van der Waals surface area contributed by atoms with Crippen LogP contribution in [0.25, 0.3) is 0 Å². The van der Waals surface area contributed by atoms with Gasteiger partial charge < -0.3 is 14.4 Å². The van der Waals surface area contributed by atoms with E-state index in [0.717, 1.165) is 0 Å². The molecule has 6 nitrogen and oxygen atoms in total. The topological polar surface area (TPSA) is 69.3 Å². The van der Waals surface area contributed by atoms with Crippen LogP contribution in [0.4, 0.5) is 0 Å². The van der Waals surface area contributed by atoms with Gasteiger partial charge in [0.2, 0.25) is 5.88 Å². The second kappa shape index (κ2) is 4.73. The number of carboxylic acids is 1. The van der Waals surface area contributed by atoms with Gasteiger partial charge >= 0.3 is 5.97 Å². The first-order valence-corrected chi connectivity index (χ1v) is 5.55. The quantitative estimate of drug-likeness (QED) is 0.916. The van der Waals surface area contributed by atoms with Gasteiger partial charge in [0.25, 0.3) is 0 Å². The summed E-state index contributed by atoms with van der Waals surface area (Å²) in [5.41, 5.74) is 0.828. The molecule has 7 heteroatoms. The molecule has 0 aliphatic carbocycles. The molecule has 0 radical (unpaired) electrons. The van der Waals surface area contributed by atoms with Gasteiger partial charge in [-0.3, -0.25) is 0 Å². The van der Waals surface area contributed by atoms with Crippen LogP contribution >= 0.6 is 11.6 Å². The molecule has 2 heterocycles. The molecular formula is C11H12ClN3O3. The fraction of sp³-hybridized carbons (Fsp3) is 0.273. The molecule has 2 aromatic heterocycles. The van der Waals surface area contributed by atoms with Crippen molar-refractivity contribution in [2.75, 3.05) is 7.11 Å². The molecule has 0 atom stereocenters. The molecule has 0 amide bonds. The number of hydrogen-bond donors (Lipinski definition) is 1. The van der Waals surface area contributed by atoms with E-state index in [1.54, 1.807) is 31.1 Å². The molecule has 0 saturated carbocycles. The van der Waals surface area contributed by atoms with E-state index in [1.807, 2.05) is 0 Å². The third-order valence-corrected chi connectivity index (χ3v) is 2.72. The summed E-state index contributed by atoms with van der Waals surface area (Å²) >= 11 is 5.81. The number of aromatic carboxylic acids is 1. The predicted molar refractivity (Wildman–Crippen MR) is 65.3 cm³/mol. The van der Waals surface area contributed by atoms with Crippen LogP contribution in [0.15, 0.2) is 18.3 Å². The Morgan fingerprint density at radius 2 is 2.28 bits per heavy atom. The third-order valence-electron chi connectivity index (χ3n) is 2.51. The molecule has 0 saturated heterocycles. The molecule has 0 aromatic carbocycles. The largest absolute Gasteiger partial charge is 0.481 e. The van der Waals surface area contributed by atoms with Gasteiger partial charge in [-0.25, -0.2) is 9.48 Å². The van der Waals surface area contributed by atoms with Gasteiger partial charge in [-0.2, -0.15) is 5.10 Å². The average molecular weight is 270 g/mol. The van der Waals surface area contributed by atoms with Gasteiger partial charge in [-0.15, -0.1) is 0 Å². The minimum absolute atomic E-state index is 0.129. The Morgan fingerprint density at radius 3 is 2.83 bits per heavy atom. The van der Waals surface area contributed by atoms with Crippen LogP contribution in [0.2, 0.25) is 5.02 Å². The van der Waals surface area contributed by atoms with Crippen LogP contribution in [0.5, 0.6) is 5.88 Å². The zero-order valence-electron chi connectivity index (χ0n) is 9.92. The number of aryl methyl sites for hydroxylation is 1. The zero-order chi connectivity index (χ0) is 13.3. The normalized spacial score (nSPS) is 10.6. The molecule has 1 N–H and O–H groups in total. The molecule has 0 aliphatic heterocycles. The van der Waals surface area contributed by atoms with Crippen LogP contribution in [0.3, 0.4) is 0 Å². The Labute approximate surface area is 108 Å². The molecule has 2 rings (SSSR count). The summed E-state index contributed by atoms with van der Waals surface area (Å²) in [4.78, 5) is 11.0. The molecule has 0 bridgehead atoms. The van der Waals surface area contributed by atoms with E-state index in [-0.39, 0.29) is 5.69 Å². The van der Waals surface area contributed by atoms with Crippen molar-refractivity contribution in [1.29, 1.82) is 0 Å². The highest BCUT2D eigenvalue weighted by atomic mass is 35.5. The Kier molecular flexibility index (Phi) is 3.29. The fourth-order valence-electron chi connectivity index (χ4n) is 1.73. The summed E-state index contributed by atoms with van der Waals surface area (Å²) in [5, 5.41) is 13.6. The molecule has 0 fully saturated rings. The number of aromatic nitrogens is 3. The van der Waals surface area contributed by atoms with Gasteiger partial charge in [-0.05, 0) is 6.07 Å². The van der Waals surface area contributed by atoms with Crippen molar-refractivity contribution in [1.82, 2.24) is 14.3 Å².